The molecule has 0 radical (unpaired) electrons. The van der Waals surface area contributed by atoms with Gasteiger partial charge in [-0.1, -0.05) is 0 Å². The standard InChI is InChI=1S/C14H18N2O3/c1-9(11-3-2-8-19-11)16-7-6-12(17)15-13(14(16)18)10-4-5-10/h2-3,8-10,13H,4-7H2,1H3,(H,15,17). The summed E-state index contributed by atoms with van der Waals surface area (Å²) >= 11 is 0. The zero-order chi connectivity index (χ0) is 13.4. The van der Waals surface area contributed by atoms with E-state index in [-0.39, 0.29) is 23.9 Å². The molecule has 5 nitrogen and oxygen atoms in total. The summed E-state index contributed by atoms with van der Waals surface area (Å²) in [5.74, 6) is 1.08. The fraction of sp³-hybridized carbons (Fsp3) is 0.571. The quantitative estimate of drug-likeness (QED) is 0.897. The van der Waals surface area contributed by atoms with E-state index in [0.29, 0.717) is 18.9 Å². The Kier molecular flexibility index (Phi) is 3.05. The van der Waals surface area contributed by atoms with Gasteiger partial charge in [0.25, 0.3) is 0 Å². The summed E-state index contributed by atoms with van der Waals surface area (Å²) in [6.45, 7) is 2.40. The summed E-state index contributed by atoms with van der Waals surface area (Å²) in [6, 6.07) is 3.21. The third-order valence-corrected chi connectivity index (χ3v) is 3.96. The topological polar surface area (TPSA) is 62.6 Å². The summed E-state index contributed by atoms with van der Waals surface area (Å²) in [7, 11) is 0. The van der Waals surface area contributed by atoms with E-state index in [9.17, 15) is 9.59 Å². The fourth-order valence-electron chi connectivity index (χ4n) is 2.63. The predicted molar refractivity (Wildman–Crippen MR) is 68.1 cm³/mol. The molecular weight excluding hydrogens is 244 g/mol. The summed E-state index contributed by atoms with van der Waals surface area (Å²) in [4.78, 5) is 26.1. The smallest absolute Gasteiger partial charge is 0.246 e. The van der Waals surface area contributed by atoms with E-state index >= 15 is 0 Å². The monoisotopic (exact) mass is 262 g/mol. The zero-order valence-electron chi connectivity index (χ0n) is 11.0. The van der Waals surface area contributed by atoms with Gasteiger partial charge >= 0.3 is 0 Å². The van der Waals surface area contributed by atoms with Crippen LogP contribution in [0, 0.1) is 5.92 Å². The number of amides is 2. The van der Waals surface area contributed by atoms with Crippen LogP contribution < -0.4 is 5.32 Å². The highest BCUT2D eigenvalue weighted by Crippen LogP contribution is 2.35. The fourth-order valence-corrected chi connectivity index (χ4v) is 2.63. The van der Waals surface area contributed by atoms with Crippen LogP contribution in [0.2, 0.25) is 0 Å². The molecule has 3 rings (SSSR count). The van der Waals surface area contributed by atoms with Crippen LogP contribution in [0.25, 0.3) is 0 Å². The van der Waals surface area contributed by atoms with E-state index in [4.69, 9.17) is 4.42 Å². The van der Waals surface area contributed by atoms with Gasteiger partial charge in [0.05, 0.1) is 12.3 Å². The lowest BCUT2D eigenvalue weighted by Crippen LogP contribution is -2.46. The van der Waals surface area contributed by atoms with Gasteiger partial charge in [0.15, 0.2) is 0 Å². The molecule has 1 aliphatic carbocycles. The van der Waals surface area contributed by atoms with E-state index < -0.39 is 0 Å². The second-order valence-corrected chi connectivity index (χ2v) is 5.36. The molecule has 0 aromatic carbocycles. The van der Waals surface area contributed by atoms with E-state index in [0.717, 1.165) is 18.6 Å². The highest BCUT2D eigenvalue weighted by atomic mass is 16.3. The van der Waals surface area contributed by atoms with Crippen molar-refractivity contribution in [2.24, 2.45) is 5.92 Å². The number of rotatable bonds is 3. The largest absolute Gasteiger partial charge is 0.467 e. The molecule has 1 N–H and O–H groups in total. The summed E-state index contributed by atoms with van der Waals surface area (Å²) in [5.41, 5.74) is 0. The van der Waals surface area contributed by atoms with Gasteiger partial charge in [-0.3, -0.25) is 9.59 Å². The van der Waals surface area contributed by atoms with Gasteiger partial charge in [-0.2, -0.15) is 0 Å². The Morgan fingerprint density at radius 1 is 1.42 bits per heavy atom. The third-order valence-electron chi connectivity index (χ3n) is 3.96. The molecule has 2 unspecified atom stereocenters. The van der Waals surface area contributed by atoms with Crippen LogP contribution in [0.1, 0.15) is 38.0 Å². The van der Waals surface area contributed by atoms with Crippen molar-refractivity contribution in [3.8, 4) is 0 Å². The van der Waals surface area contributed by atoms with Crippen molar-refractivity contribution in [3.63, 3.8) is 0 Å². The van der Waals surface area contributed by atoms with Gasteiger partial charge in [-0.25, -0.2) is 0 Å². The van der Waals surface area contributed by atoms with E-state index in [1.165, 1.54) is 0 Å². The van der Waals surface area contributed by atoms with Crippen molar-refractivity contribution >= 4 is 11.8 Å². The first-order chi connectivity index (χ1) is 9.16. The number of hydrogen-bond acceptors (Lipinski definition) is 3. The highest BCUT2D eigenvalue weighted by Gasteiger charge is 2.42. The minimum absolute atomic E-state index is 0.0252. The lowest BCUT2D eigenvalue weighted by atomic mass is 10.1. The number of carbonyl (C=O) groups is 2. The van der Waals surface area contributed by atoms with E-state index in [1.807, 2.05) is 19.1 Å². The molecule has 1 saturated heterocycles. The first-order valence-electron chi connectivity index (χ1n) is 6.80. The van der Waals surface area contributed by atoms with Crippen molar-refractivity contribution in [2.75, 3.05) is 6.54 Å². The molecule has 0 spiro atoms. The van der Waals surface area contributed by atoms with E-state index in [2.05, 4.69) is 5.32 Å². The maximum Gasteiger partial charge on any atom is 0.246 e. The molecule has 1 aromatic heterocycles. The normalized spacial score (nSPS) is 25.9. The van der Waals surface area contributed by atoms with Crippen LogP contribution in [0.3, 0.4) is 0 Å². The Hall–Kier alpha value is -1.78. The van der Waals surface area contributed by atoms with Crippen LogP contribution in [0.5, 0.6) is 0 Å². The maximum atomic E-state index is 12.6. The van der Waals surface area contributed by atoms with Crippen molar-refractivity contribution in [1.29, 1.82) is 0 Å². The lowest BCUT2D eigenvalue weighted by Gasteiger charge is -2.28. The lowest BCUT2D eigenvalue weighted by molar-refractivity contribution is -0.136. The summed E-state index contributed by atoms with van der Waals surface area (Å²) in [5, 5.41) is 2.86. The summed E-state index contributed by atoms with van der Waals surface area (Å²) in [6.07, 6.45) is 4.02. The van der Waals surface area contributed by atoms with Gasteiger partial charge < -0.3 is 14.6 Å². The van der Waals surface area contributed by atoms with Gasteiger partial charge in [0.1, 0.15) is 11.8 Å². The van der Waals surface area contributed by atoms with Gasteiger partial charge in [0.2, 0.25) is 11.8 Å². The first kappa shape index (κ1) is 12.3. The molecule has 2 atom stereocenters. The second-order valence-electron chi connectivity index (χ2n) is 5.36. The predicted octanol–water partition coefficient (Wildman–Crippen LogP) is 1.47. The Morgan fingerprint density at radius 2 is 2.21 bits per heavy atom. The number of carbonyl (C=O) groups excluding carboxylic acids is 2. The van der Waals surface area contributed by atoms with Crippen LogP contribution in [-0.4, -0.2) is 29.3 Å². The minimum Gasteiger partial charge on any atom is -0.467 e. The van der Waals surface area contributed by atoms with Gasteiger partial charge in [0, 0.05) is 13.0 Å². The average Bonchev–Trinajstić information content (AvgIpc) is 3.11. The van der Waals surface area contributed by atoms with Crippen LogP contribution in [-0.2, 0) is 9.59 Å². The van der Waals surface area contributed by atoms with Crippen molar-refractivity contribution in [1.82, 2.24) is 10.2 Å². The molecule has 1 saturated carbocycles. The molecule has 2 heterocycles. The average molecular weight is 262 g/mol. The first-order valence-corrected chi connectivity index (χ1v) is 6.80. The number of nitrogens with one attached hydrogen (secondary N) is 1. The van der Waals surface area contributed by atoms with Gasteiger partial charge in [-0.15, -0.1) is 0 Å². The number of hydrogen-bond donors (Lipinski definition) is 1. The van der Waals surface area contributed by atoms with Crippen LogP contribution in [0.4, 0.5) is 0 Å². The van der Waals surface area contributed by atoms with Crippen molar-refractivity contribution in [2.45, 2.75) is 38.3 Å². The molecule has 5 heteroatoms. The van der Waals surface area contributed by atoms with Crippen molar-refractivity contribution in [3.05, 3.63) is 24.2 Å². The molecular formula is C14H18N2O3. The highest BCUT2D eigenvalue weighted by molar-refractivity contribution is 5.90. The molecule has 0 bridgehead atoms. The Labute approximate surface area is 111 Å². The molecule has 1 aromatic rings. The van der Waals surface area contributed by atoms with Crippen LogP contribution in [0.15, 0.2) is 22.8 Å². The Bertz CT molecular complexity index is 479. The molecule has 102 valence electrons. The van der Waals surface area contributed by atoms with Crippen LogP contribution >= 0.6 is 0 Å². The second kappa shape index (κ2) is 4.72. The minimum atomic E-state index is -0.340. The molecule has 2 aliphatic rings. The Balaban J connectivity index is 1.82. The summed E-state index contributed by atoms with van der Waals surface area (Å²) < 4.78 is 5.38. The SMILES string of the molecule is CC(c1ccco1)N1CCC(=O)NC(C2CC2)C1=O. The molecule has 2 amide bonds. The molecule has 19 heavy (non-hydrogen) atoms. The molecule has 2 fully saturated rings. The Morgan fingerprint density at radius 3 is 2.84 bits per heavy atom. The van der Waals surface area contributed by atoms with E-state index in [1.54, 1.807) is 11.2 Å². The molecule has 1 aliphatic heterocycles. The van der Waals surface area contributed by atoms with Gasteiger partial charge in [-0.05, 0) is 37.8 Å². The van der Waals surface area contributed by atoms with Crippen molar-refractivity contribution < 1.29 is 14.0 Å². The number of furan rings is 1. The maximum absolute atomic E-state index is 12.6. The number of nitrogens with zero attached hydrogens (tertiary/aromatic N) is 1. The zero-order valence-corrected chi connectivity index (χ0v) is 11.0. The third kappa shape index (κ3) is 2.37.